The molecule has 0 N–H and O–H groups in total. The van der Waals surface area contributed by atoms with Crippen molar-refractivity contribution in [2.75, 3.05) is 0 Å². The smallest absolute Gasteiger partial charge is 0.171 e. The van der Waals surface area contributed by atoms with Crippen LogP contribution in [0.2, 0.25) is 0 Å². The molecular weight excluding hydrogens is 201 g/mol. The largest absolute Gasteiger partial charge is 0.394 e. The van der Waals surface area contributed by atoms with E-state index in [9.17, 15) is 13.2 Å². The van der Waals surface area contributed by atoms with Crippen molar-refractivity contribution >= 4 is 0 Å². The highest BCUT2D eigenvalue weighted by atomic mass is 19.4. The molecule has 0 nitrogen and oxygen atoms in total. The molecule has 1 aliphatic carbocycles. The van der Waals surface area contributed by atoms with Gasteiger partial charge in [-0.2, -0.15) is 13.2 Å². The van der Waals surface area contributed by atoms with E-state index in [1.807, 2.05) is 0 Å². The highest BCUT2D eigenvalue weighted by molar-refractivity contribution is 4.90. The molecule has 0 bridgehead atoms. The van der Waals surface area contributed by atoms with E-state index in [4.69, 9.17) is 0 Å². The average molecular weight is 222 g/mol. The molecule has 0 unspecified atom stereocenters. The molecule has 0 amide bonds. The van der Waals surface area contributed by atoms with Gasteiger partial charge in [-0.05, 0) is 37.0 Å². The summed E-state index contributed by atoms with van der Waals surface area (Å²) >= 11 is 0. The molecule has 1 rings (SSSR count). The zero-order valence-electron chi connectivity index (χ0n) is 10.0. The second kappa shape index (κ2) is 3.67. The predicted octanol–water partition coefficient (Wildman–Crippen LogP) is 4.79. The van der Waals surface area contributed by atoms with E-state index in [2.05, 4.69) is 20.8 Å². The van der Waals surface area contributed by atoms with Gasteiger partial charge in [0.25, 0.3) is 0 Å². The van der Waals surface area contributed by atoms with E-state index in [0.717, 1.165) is 0 Å². The van der Waals surface area contributed by atoms with Crippen molar-refractivity contribution in [3.63, 3.8) is 0 Å². The Kier molecular flexibility index (Phi) is 3.15. The predicted molar refractivity (Wildman–Crippen MR) is 55.6 cm³/mol. The van der Waals surface area contributed by atoms with Crippen LogP contribution >= 0.6 is 0 Å². The normalized spacial score (nSPS) is 34.2. The Balaban J connectivity index is 2.64. The van der Waals surface area contributed by atoms with E-state index in [0.29, 0.717) is 31.6 Å². The minimum atomic E-state index is -4.03. The van der Waals surface area contributed by atoms with Crippen LogP contribution in [-0.4, -0.2) is 6.18 Å². The van der Waals surface area contributed by atoms with E-state index < -0.39 is 11.6 Å². The number of hydrogen-bond donors (Lipinski definition) is 0. The lowest BCUT2D eigenvalue weighted by molar-refractivity contribution is -0.231. The third-order valence-corrected chi connectivity index (χ3v) is 4.00. The number of halogens is 3. The first-order valence-corrected chi connectivity index (χ1v) is 5.63. The molecule has 90 valence electrons. The molecule has 3 heteroatoms. The minimum Gasteiger partial charge on any atom is -0.171 e. The highest BCUT2D eigenvalue weighted by Gasteiger charge is 2.52. The fourth-order valence-electron chi connectivity index (χ4n) is 2.40. The van der Waals surface area contributed by atoms with Crippen LogP contribution in [0.1, 0.15) is 53.4 Å². The summed E-state index contributed by atoms with van der Waals surface area (Å²) in [6.45, 7) is 7.72. The van der Waals surface area contributed by atoms with Gasteiger partial charge in [-0.1, -0.05) is 27.7 Å². The Morgan fingerprint density at radius 2 is 1.40 bits per heavy atom. The van der Waals surface area contributed by atoms with Gasteiger partial charge in [0, 0.05) is 0 Å². The van der Waals surface area contributed by atoms with E-state index in [-0.39, 0.29) is 5.41 Å². The summed E-state index contributed by atoms with van der Waals surface area (Å²) in [5.74, 6) is 0.438. The van der Waals surface area contributed by atoms with Gasteiger partial charge >= 0.3 is 6.18 Å². The van der Waals surface area contributed by atoms with Crippen LogP contribution in [0.4, 0.5) is 13.2 Å². The van der Waals surface area contributed by atoms with Gasteiger partial charge in [0.15, 0.2) is 0 Å². The lowest BCUT2D eigenvalue weighted by Gasteiger charge is -2.43. The minimum absolute atomic E-state index is 0.146. The van der Waals surface area contributed by atoms with Gasteiger partial charge < -0.3 is 0 Å². The summed E-state index contributed by atoms with van der Waals surface area (Å²) < 4.78 is 38.2. The third-order valence-electron chi connectivity index (χ3n) is 4.00. The van der Waals surface area contributed by atoms with Crippen LogP contribution in [0.5, 0.6) is 0 Å². The van der Waals surface area contributed by atoms with Gasteiger partial charge in [0.2, 0.25) is 0 Å². The number of alkyl halides is 3. The first-order chi connectivity index (χ1) is 6.56. The monoisotopic (exact) mass is 222 g/mol. The fourth-order valence-corrected chi connectivity index (χ4v) is 2.40. The molecule has 0 aromatic heterocycles. The van der Waals surface area contributed by atoms with Crippen molar-refractivity contribution in [2.45, 2.75) is 59.6 Å². The Hall–Kier alpha value is -0.210. The molecule has 1 fully saturated rings. The lowest BCUT2D eigenvalue weighted by atomic mass is 9.64. The molecule has 0 saturated heterocycles. The van der Waals surface area contributed by atoms with Gasteiger partial charge in [0.05, 0.1) is 5.41 Å². The average Bonchev–Trinajstić information content (AvgIpc) is 2.01. The summed E-state index contributed by atoms with van der Waals surface area (Å²) in [4.78, 5) is 0. The second-order valence-electron chi connectivity index (χ2n) is 6.20. The van der Waals surface area contributed by atoms with E-state index in [1.165, 1.54) is 6.92 Å². The van der Waals surface area contributed by atoms with Crippen molar-refractivity contribution in [1.29, 1.82) is 0 Å². The van der Waals surface area contributed by atoms with Crippen molar-refractivity contribution in [3.8, 4) is 0 Å². The van der Waals surface area contributed by atoms with Gasteiger partial charge in [-0.25, -0.2) is 0 Å². The SMILES string of the molecule is CC(C)(C)C1CCC(C)(C(F)(F)F)CC1. The standard InChI is InChI=1S/C12H21F3/c1-10(2,3)9-5-7-11(4,8-6-9)12(13,14)15/h9H,5-8H2,1-4H3. The molecule has 0 heterocycles. The lowest BCUT2D eigenvalue weighted by Crippen LogP contribution is -2.40. The van der Waals surface area contributed by atoms with Gasteiger partial charge in [-0.3, -0.25) is 0 Å². The molecule has 0 radical (unpaired) electrons. The summed E-state index contributed by atoms with van der Waals surface area (Å²) in [6, 6.07) is 0. The maximum Gasteiger partial charge on any atom is 0.394 e. The first-order valence-electron chi connectivity index (χ1n) is 5.63. The van der Waals surface area contributed by atoms with E-state index in [1.54, 1.807) is 0 Å². The van der Waals surface area contributed by atoms with Crippen LogP contribution in [0.25, 0.3) is 0 Å². The summed E-state index contributed by atoms with van der Waals surface area (Å²) in [7, 11) is 0. The van der Waals surface area contributed by atoms with Crippen molar-refractivity contribution in [2.24, 2.45) is 16.7 Å². The zero-order valence-corrected chi connectivity index (χ0v) is 10.0. The van der Waals surface area contributed by atoms with Crippen LogP contribution in [0.15, 0.2) is 0 Å². The molecule has 0 aromatic rings. The fraction of sp³-hybridized carbons (Fsp3) is 1.00. The van der Waals surface area contributed by atoms with Gasteiger partial charge in [-0.15, -0.1) is 0 Å². The Bertz CT molecular complexity index is 214. The molecule has 0 spiro atoms. The Labute approximate surface area is 90.2 Å². The molecule has 15 heavy (non-hydrogen) atoms. The van der Waals surface area contributed by atoms with Crippen LogP contribution in [-0.2, 0) is 0 Å². The quantitative estimate of drug-likeness (QED) is 0.552. The third kappa shape index (κ3) is 2.67. The number of hydrogen-bond acceptors (Lipinski definition) is 0. The number of rotatable bonds is 0. The molecule has 0 atom stereocenters. The maximum atomic E-state index is 12.7. The van der Waals surface area contributed by atoms with Crippen LogP contribution in [0, 0.1) is 16.7 Å². The molecular formula is C12H21F3. The summed E-state index contributed by atoms with van der Waals surface area (Å²) in [6.07, 6.45) is -2.04. The highest BCUT2D eigenvalue weighted by Crippen LogP contribution is 2.52. The summed E-state index contributed by atoms with van der Waals surface area (Å²) in [5.41, 5.74) is -1.29. The molecule has 0 aliphatic heterocycles. The first kappa shape index (κ1) is 12.9. The summed E-state index contributed by atoms with van der Waals surface area (Å²) in [5, 5.41) is 0. The molecule has 0 aromatic carbocycles. The second-order valence-corrected chi connectivity index (χ2v) is 6.20. The van der Waals surface area contributed by atoms with Crippen LogP contribution < -0.4 is 0 Å². The van der Waals surface area contributed by atoms with Crippen molar-refractivity contribution in [1.82, 2.24) is 0 Å². The zero-order chi connectivity index (χ0) is 11.9. The maximum absolute atomic E-state index is 12.7. The molecule has 1 saturated carbocycles. The van der Waals surface area contributed by atoms with Crippen LogP contribution in [0.3, 0.4) is 0 Å². The van der Waals surface area contributed by atoms with Crippen molar-refractivity contribution in [3.05, 3.63) is 0 Å². The topological polar surface area (TPSA) is 0 Å². The van der Waals surface area contributed by atoms with Crippen molar-refractivity contribution < 1.29 is 13.2 Å². The van der Waals surface area contributed by atoms with E-state index >= 15 is 0 Å². The Morgan fingerprint density at radius 1 is 1.00 bits per heavy atom. The van der Waals surface area contributed by atoms with Gasteiger partial charge in [0.1, 0.15) is 0 Å². The molecule has 1 aliphatic rings. The Morgan fingerprint density at radius 3 is 1.67 bits per heavy atom.